The number of carbonyl (C=O) groups excluding carboxylic acids is 3. The number of carbonyl (C=O) groups is 5. The Balaban J connectivity index is 2.58. The largest absolute Gasteiger partial charge is 0.481 e. The first-order valence-electron chi connectivity index (χ1n) is 8.51. The first-order valence-corrected chi connectivity index (χ1v) is 8.51. The number of esters is 1. The van der Waals surface area contributed by atoms with E-state index in [1.165, 1.54) is 4.90 Å². The van der Waals surface area contributed by atoms with Gasteiger partial charge in [-0.1, -0.05) is 0 Å². The quantitative estimate of drug-likeness (QED) is 0.246. The third kappa shape index (κ3) is 6.46. The SMILES string of the molecule is CN(C)C(=O)[C@H]1CC[C@H](NC(=O)OC(=O)CC(O)(CC(=O)O)C(=O)O)[C@H](N)C1. The number of carboxylic acids is 2. The Hall–Kier alpha value is -2.73. The molecule has 1 saturated carbocycles. The van der Waals surface area contributed by atoms with E-state index < -0.39 is 54.5 Å². The maximum Gasteiger partial charge on any atom is 0.415 e. The van der Waals surface area contributed by atoms with E-state index in [4.69, 9.17) is 15.9 Å². The van der Waals surface area contributed by atoms with Gasteiger partial charge in [0.1, 0.15) is 0 Å². The number of nitrogens with one attached hydrogen (secondary N) is 1. The lowest BCUT2D eigenvalue weighted by Crippen LogP contribution is -2.53. The molecule has 0 aromatic rings. The Morgan fingerprint density at radius 2 is 1.75 bits per heavy atom. The molecule has 0 bridgehead atoms. The third-order valence-electron chi connectivity index (χ3n) is 4.48. The van der Waals surface area contributed by atoms with Gasteiger partial charge >= 0.3 is 24.0 Å². The minimum atomic E-state index is -2.90. The van der Waals surface area contributed by atoms with E-state index in [-0.39, 0.29) is 11.8 Å². The fourth-order valence-corrected chi connectivity index (χ4v) is 3.00. The van der Waals surface area contributed by atoms with Crippen LogP contribution in [0, 0.1) is 5.92 Å². The van der Waals surface area contributed by atoms with Crippen LogP contribution < -0.4 is 11.1 Å². The summed E-state index contributed by atoms with van der Waals surface area (Å²) in [5.74, 6) is -5.33. The molecule has 0 heterocycles. The molecular weight excluding hydrogens is 378 g/mol. The fourth-order valence-electron chi connectivity index (χ4n) is 3.00. The van der Waals surface area contributed by atoms with E-state index in [0.29, 0.717) is 19.3 Å². The first-order chi connectivity index (χ1) is 12.9. The Bertz CT molecular complexity index is 651. The number of hydrogen-bond donors (Lipinski definition) is 5. The summed E-state index contributed by atoms with van der Waals surface area (Å²) in [6.07, 6.45) is -2.50. The molecule has 0 saturated heterocycles. The number of rotatable bonds is 7. The molecule has 0 radical (unpaired) electrons. The summed E-state index contributed by atoms with van der Waals surface area (Å²) in [6, 6.07) is -1.13. The monoisotopic (exact) mass is 403 g/mol. The molecule has 1 fully saturated rings. The van der Waals surface area contributed by atoms with Gasteiger partial charge in [-0.2, -0.15) is 0 Å². The number of aliphatic carboxylic acids is 2. The molecule has 2 amide bonds. The van der Waals surface area contributed by atoms with Crippen molar-refractivity contribution in [2.45, 2.75) is 49.8 Å². The topological polar surface area (TPSA) is 197 Å². The van der Waals surface area contributed by atoms with E-state index in [9.17, 15) is 29.1 Å². The minimum Gasteiger partial charge on any atom is -0.481 e. The van der Waals surface area contributed by atoms with E-state index >= 15 is 0 Å². The number of hydrogen-bond acceptors (Lipinski definition) is 8. The standard InChI is InChI=1S/C16H25N3O9/c1-19(2)13(23)8-3-4-10(9(17)5-8)18-15(26)28-12(22)7-16(27,14(24)25)6-11(20)21/h8-10,27H,3-7,17H2,1-2H3,(H,18,26)(H,20,21)(H,24,25)/t8-,9+,10-,16?/m0/s1. The highest BCUT2D eigenvalue weighted by molar-refractivity contribution is 5.91. The molecule has 12 nitrogen and oxygen atoms in total. The lowest BCUT2D eigenvalue weighted by molar-refractivity contribution is -0.170. The van der Waals surface area contributed by atoms with E-state index in [2.05, 4.69) is 10.1 Å². The van der Waals surface area contributed by atoms with Crippen LogP contribution in [0.25, 0.3) is 0 Å². The van der Waals surface area contributed by atoms with Crippen molar-refractivity contribution in [3.63, 3.8) is 0 Å². The molecular formula is C16H25N3O9. The maximum atomic E-state index is 12.0. The van der Waals surface area contributed by atoms with Crippen molar-refractivity contribution in [1.29, 1.82) is 0 Å². The number of nitrogens with zero attached hydrogens (tertiary/aromatic N) is 1. The Morgan fingerprint density at radius 3 is 2.21 bits per heavy atom. The number of nitrogens with two attached hydrogens (primary N) is 1. The average Bonchev–Trinajstić information content (AvgIpc) is 2.54. The van der Waals surface area contributed by atoms with Gasteiger partial charge in [0.15, 0.2) is 5.60 Å². The van der Waals surface area contributed by atoms with Gasteiger partial charge in [-0.3, -0.25) is 14.4 Å². The predicted molar refractivity (Wildman–Crippen MR) is 91.9 cm³/mol. The molecule has 1 rings (SSSR count). The van der Waals surface area contributed by atoms with Gasteiger partial charge in [0.25, 0.3) is 0 Å². The molecule has 4 atom stereocenters. The van der Waals surface area contributed by atoms with Crippen molar-refractivity contribution in [2.75, 3.05) is 14.1 Å². The summed E-state index contributed by atoms with van der Waals surface area (Å²) in [5, 5.41) is 29.7. The van der Waals surface area contributed by atoms with Crippen LogP contribution in [-0.4, -0.2) is 81.9 Å². The van der Waals surface area contributed by atoms with Gasteiger partial charge in [0, 0.05) is 32.1 Å². The molecule has 0 aromatic carbocycles. The summed E-state index contributed by atoms with van der Waals surface area (Å²) < 4.78 is 4.41. The summed E-state index contributed by atoms with van der Waals surface area (Å²) in [7, 11) is 3.26. The van der Waals surface area contributed by atoms with Gasteiger partial charge in [0.05, 0.1) is 12.8 Å². The van der Waals surface area contributed by atoms with Crippen molar-refractivity contribution < 1.29 is 44.0 Å². The van der Waals surface area contributed by atoms with Crippen molar-refractivity contribution >= 4 is 29.9 Å². The highest BCUT2D eigenvalue weighted by Gasteiger charge is 2.42. The van der Waals surface area contributed by atoms with Crippen LogP contribution in [0.2, 0.25) is 0 Å². The van der Waals surface area contributed by atoms with E-state index in [0.717, 1.165) is 0 Å². The third-order valence-corrected chi connectivity index (χ3v) is 4.48. The van der Waals surface area contributed by atoms with Crippen LogP contribution >= 0.6 is 0 Å². The fraction of sp³-hybridized carbons (Fsp3) is 0.688. The van der Waals surface area contributed by atoms with Gasteiger partial charge in [-0.15, -0.1) is 0 Å². The van der Waals surface area contributed by atoms with E-state index in [1.54, 1.807) is 14.1 Å². The van der Waals surface area contributed by atoms with Crippen LogP contribution in [0.3, 0.4) is 0 Å². The molecule has 0 aromatic heterocycles. The first kappa shape index (κ1) is 23.3. The number of amides is 2. The summed E-state index contributed by atoms with van der Waals surface area (Å²) in [5.41, 5.74) is 3.08. The second-order valence-electron chi connectivity index (χ2n) is 7.00. The summed E-state index contributed by atoms with van der Waals surface area (Å²) >= 11 is 0. The zero-order valence-electron chi connectivity index (χ0n) is 15.6. The highest BCUT2D eigenvalue weighted by Crippen LogP contribution is 2.25. The molecule has 1 unspecified atom stereocenters. The lowest BCUT2D eigenvalue weighted by atomic mass is 9.82. The zero-order chi connectivity index (χ0) is 21.6. The Morgan fingerprint density at radius 1 is 1.14 bits per heavy atom. The van der Waals surface area contributed by atoms with Gasteiger partial charge < -0.3 is 36.0 Å². The van der Waals surface area contributed by atoms with Crippen LogP contribution in [0.4, 0.5) is 4.79 Å². The van der Waals surface area contributed by atoms with Crippen molar-refractivity contribution in [3.8, 4) is 0 Å². The van der Waals surface area contributed by atoms with E-state index in [1.807, 2.05) is 0 Å². The zero-order valence-corrected chi connectivity index (χ0v) is 15.6. The molecule has 1 aliphatic carbocycles. The van der Waals surface area contributed by atoms with Gasteiger partial charge in [0.2, 0.25) is 5.91 Å². The summed E-state index contributed by atoms with van der Waals surface area (Å²) in [4.78, 5) is 58.6. The van der Waals surface area contributed by atoms with Gasteiger partial charge in [-0.05, 0) is 19.3 Å². The molecule has 0 aliphatic heterocycles. The van der Waals surface area contributed by atoms with Crippen molar-refractivity contribution in [1.82, 2.24) is 10.2 Å². The number of alkyl carbamates (subject to hydrolysis) is 1. The smallest absolute Gasteiger partial charge is 0.415 e. The number of aliphatic hydroxyl groups is 1. The van der Waals surface area contributed by atoms with Crippen LogP contribution in [0.15, 0.2) is 0 Å². The van der Waals surface area contributed by atoms with Crippen LogP contribution in [-0.2, 0) is 23.9 Å². The summed E-state index contributed by atoms with van der Waals surface area (Å²) in [6.45, 7) is 0. The second-order valence-corrected chi connectivity index (χ2v) is 7.00. The molecule has 6 N–H and O–H groups in total. The lowest BCUT2D eigenvalue weighted by Gasteiger charge is -2.34. The normalized spacial score (nSPS) is 23.8. The molecule has 1 aliphatic rings. The van der Waals surface area contributed by atoms with Crippen LogP contribution in [0.1, 0.15) is 32.1 Å². The number of carboxylic acid groups (broad SMARTS) is 2. The van der Waals surface area contributed by atoms with Crippen molar-refractivity contribution in [3.05, 3.63) is 0 Å². The number of ether oxygens (including phenoxy) is 1. The highest BCUT2D eigenvalue weighted by atomic mass is 16.6. The second kappa shape index (κ2) is 9.46. The molecule has 28 heavy (non-hydrogen) atoms. The van der Waals surface area contributed by atoms with Gasteiger partial charge in [-0.25, -0.2) is 9.59 Å². The Kier molecular flexibility index (Phi) is 7.88. The maximum absolute atomic E-state index is 12.0. The minimum absolute atomic E-state index is 0.0713. The average molecular weight is 403 g/mol. The molecule has 12 heteroatoms. The molecule has 0 spiro atoms. The Labute approximate surface area is 160 Å². The van der Waals surface area contributed by atoms with Crippen LogP contribution in [0.5, 0.6) is 0 Å². The predicted octanol–water partition coefficient (Wildman–Crippen LogP) is -1.50. The molecule has 158 valence electrons. The van der Waals surface area contributed by atoms with Crippen molar-refractivity contribution in [2.24, 2.45) is 11.7 Å².